The Morgan fingerprint density at radius 3 is 2.91 bits per heavy atom. The van der Waals surface area contributed by atoms with Crippen LogP contribution in [-0.2, 0) is 0 Å². The Kier molecular flexibility index (Phi) is 3.37. The molecule has 62 valence electrons. The van der Waals surface area contributed by atoms with E-state index in [-0.39, 0.29) is 6.10 Å². The first-order chi connectivity index (χ1) is 5.34. The molecule has 0 spiro atoms. The maximum atomic E-state index is 9.39. The van der Waals surface area contributed by atoms with Gasteiger partial charge >= 0.3 is 0 Å². The summed E-state index contributed by atoms with van der Waals surface area (Å²) in [6, 6.07) is 0. The molecule has 0 aliphatic heterocycles. The van der Waals surface area contributed by atoms with Crippen molar-refractivity contribution in [3.05, 3.63) is 24.3 Å². The van der Waals surface area contributed by atoms with Gasteiger partial charge < -0.3 is 5.11 Å². The zero-order chi connectivity index (χ0) is 8.10. The zero-order valence-corrected chi connectivity index (χ0v) is 7.03. The maximum absolute atomic E-state index is 9.39. The van der Waals surface area contributed by atoms with Gasteiger partial charge in [0.2, 0.25) is 0 Å². The van der Waals surface area contributed by atoms with Crippen molar-refractivity contribution in [1.82, 2.24) is 0 Å². The van der Waals surface area contributed by atoms with Gasteiger partial charge in [0.05, 0.1) is 6.10 Å². The van der Waals surface area contributed by atoms with E-state index in [1.54, 1.807) is 0 Å². The SMILES string of the molecule is CC/C=C\CC1C=CCC1O. The minimum atomic E-state index is -0.128. The van der Waals surface area contributed by atoms with Crippen LogP contribution in [0.5, 0.6) is 0 Å². The Balaban J connectivity index is 2.25. The van der Waals surface area contributed by atoms with Gasteiger partial charge in [-0.3, -0.25) is 0 Å². The smallest absolute Gasteiger partial charge is 0.0640 e. The van der Waals surface area contributed by atoms with E-state index in [9.17, 15) is 5.11 Å². The summed E-state index contributed by atoms with van der Waals surface area (Å²) in [5, 5.41) is 9.39. The van der Waals surface area contributed by atoms with Gasteiger partial charge in [-0.25, -0.2) is 0 Å². The monoisotopic (exact) mass is 152 g/mol. The quantitative estimate of drug-likeness (QED) is 0.615. The molecule has 0 fully saturated rings. The second kappa shape index (κ2) is 4.35. The number of rotatable bonds is 3. The number of aliphatic hydroxyl groups excluding tert-OH is 1. The van der Waals surface area contributed by atoms with E-state index in [0.29, 0.717) is 5.92 Å². The molecule has 2 atom stereocenters. The molecule has 1 nitrogen and oxygen atoms in total. The zero-order valence-electron chi connectivity index (χ0n) is 7.03. The summed E-state index contributed by atoms with van der Waals surface area (Å²) in [5.41, 5.74) is 0. The highest BCUT2D eigenvalue weighted by Crippen LogP contribution is 2.21. The van der Waals surface area contributed by atoms with Crippen LogP contribution in [-0.4, -0.2) is 11.2 Å². The molecule has 1 N–H and O–H groups in total. The molecule has 1 heteroatoms. The first-order valence-corrected chi connectivity index (χ1v) is 4.34. The lowest BCUT2D eigenvalue weighted by Crippen LogP contribution is -2.12. The summed E-state index contributed by atoms with van der Waals surface area (Å²) in [6.07, 6.45) is 11.3. The van der Waals surface area contributed by atoms with Crippen molar-refractivity contribution in [3.8, 4) is 0 Å². The van der Waals surface area contributed by atoms with Gasteiger partial charge in [0.1, 0.15) is 0 Å². The van der Waals surface area contributed by atoms with Gasteiger partial charge in [0.25, 0.3) is 0 Å². The molecule has 1 aliphatic carbocycles. The lowest BCUT2D eigenvalue weighted by atomic mass is 10.0. The summed E-state index contributed by atoms with van der Waals surface area (Å²) in [6.45, 7) is 2.12. The third-order valence-electron chi connectivity index (χ3n) is 2.07. The predicted octanol–water partition coefficient (Wildman–Crippen LogP) is 2.28. The molecule has 1 aliphatic rings. The average Bonchev–Trinajstić information content (AvgIpc) is 2.37. The predicted molar refractivity (Wildman–Crippen MR) is 47.3 cm³/mol. The van der Waals surface area contributed by atoms with Crippen LogP contribution in [0.3, 0.4) is 0 Å². The van der Waals surface area contributed by atoms with Crippen LogP contribution >= 0.6 is 0 Å². The largest absolute Gasteiger partial charge is 0.392 e. The second-order valence-electron chi connectivity index (χ2n) is 3.01. The van der Waals surface area contributed by atoms with Gasteiger partial charge in [-0.05, 0) is 19.3 Å². The minimum Gasteiger partial charge on any atom is -0.392 e. The lowest BCUT2D eigenvalue weighted by molar-refractivity contribution is 0.144. The van der Waals surface area contributed by atoms with Crippen molar-refractivity contribution in [1.29, 1.82) is 0 Å². The van der Waals surface area contributed by atoms with Crippen LogP contribution in [0.2, 0.25) is 0 Å². The normalized spacial score (nSPS) is 30.4. The van der Waals surface area contributed by atoms with Crippen molar-refractivity contribution in [2.24, 2.45) is 5.92 Å². The van der Waals surface area contributed by atoms with Crippen LogP contribution < -0.4 is 0 Å². The van der Waals surface area contributed by atoms with Crippen molar-refractivity contribution >= 4 is 0 Å². The standard InChI is InChI=1S/C10H16O/c1-2-3-4-6-9-7-5-8-10(9)11/h3-5,7,9-11H,2,6,8H2,1H3/b4-3-. The first-order valence-electron chi connectivity index (χ1n) is 4.34. The third-order valence-corrected chi connectivity index (χ3v) is 2.07. The van der Waals surface area contributed by atoms with Crippen molar-refractivity contribution in [2.45, 2.75) is 32.3 Å². The Labute approximate surface area is 68.4 Å². The molecule has 0 saturated carbocycles. The Hall–Kier alpha value is -0.560. The average molecular weight is 152 g/mol. The summed E-state index contributed by atoms with van der Waals surface area (Å²) in [7, 11) is 0. The summed E-state index contributed by atoms with van der Waals surface area (Å²) < 4.78 is 0. The van der Waals surface area contributed by atoms with Crippen molar-refractivity contribution in [2.75, 3.05) is 0 Å². The van der Waals surface area contributed by atoms with Gasteiger partial charge in [-0.1, -0.05) is 31.2 Å². The minimum absolute atomic E-state index is 0.128. The molecule has 0 aromatic carbocycles. The van der Waals surface area contributed by atoms with Gasteiger partial charge in [-0.15, -0.1) is 0 Å². The number of allylic oxidation sites excluding steroid dienone is 2. The summed E-state index contributed by atoms with van der Waals surface area (Å²) in [5.74, 6) is 0.373. The summed E-state index contributed by atoms with van der Waals surface area (Å²) in [4.78, 5) is 0. The molecule has 0 bridgehead atoms. The number of aliphatic hydroxyl groups is 1. The van der Waals surface area contributed by atoms with Crippen LogP contribution in [0.4, 0.5) is 0 Å². The van der Waals surface area contributed by atoms with Crippen LogP contribution in [0.15, 0.2) is 24.3 Å². The topological polar surface area (TPSA) is 20.2 Å². The van der Waals surface area contributed by atoms with Gasteiger partial charge in [0, 0.05) is 5.92 Å². The van der Waals surface area contributed by atoms with Crippen LogP contribution in [0.25, 0.3) is 0 Å². The van der Waals surface area contributed by atoms with E-state index in [4.69, 9.17) is 0 Å². The van der Waals surface area contributed by atoms with Gasteiger partial charge in [-0.2, -0.15) is 0 Å². The summed E-state index contributed by atoms with van der Waals surface area (Å²) >= 11 is 0. The fraction of sp³-hybridized carbons (Fsp3) is 0.600. The van der Waals surface area contributed by atoms with E-state index >= 15 is 0 Å². The van der Waals surface area contributed by atoms with E-state index in [1.165, 1.54) is 0 Å². The van der Waals surface area contributed by atoms with Crippen LogP contribution in [0.1, 0.15) is 26.2 Å². The maximum Gasteiger partial charge on any atom is 0.0640 e. The Morgan fingerprint density at radius 2 is 2.36 bits per heavy atom. The highest BCUT2D eigenvalue weighted by Gasteiger charge is 2.17. The first kappa shape index (κ1) is 8.54. The number of hydrogen-bond donors (Lipinski definition) is 1. The molecule has 11 heavy (non-hydrogen) atoms. The molecule has 2 unspecified atom stereocenters. The lowest BCUT2D eigenvalue weighted by Gasteiger charge is -2.09. The fourth-order valence-corrected chi connectivity index (χ4v) is 1.35. The van der Waals surface area contributed by atoms with Gasteiger partial charge in [0.15, 0.2) is 0 Å². The van der Waals surface area contributed by atoms with Crippen LogP contribution in [0, 0.1) is 5.92 Å². The molecule has 0 aromatic heterocycles. The second-order valence-corrected chi connectivity index (χ2v) is 3.01. The van der Waals surface area contributed by atoms with E-state index in [0.717, 1.165) is 19.3 Å². The Bertz CT molecular complexity index is 158. The van der Waals surface area contributed by atoms with E-state index in [1.807, 2.05) is 0 Å². The van der Waals surface area contributed by atoms with Crippen molar-refractivity contribution in [3.63, 3.8) is 0 Å². The van der Waals surface area contributed by atoms with E-state index < -0.39 is 0 Å². The molecular weight excluding hydrogens is 136 g/mol. The molecule has 0 radical (unpaired) electrons. The third kappa shape index (κ3) is 2.51. The van der Waals surface area contributed by atoms with E-state index in [2.05, 4.69) is 31.2 Å². The molecule has 0 heterocycles. The highest BCUT2D eigenvalue weighted by atomic mass is 16.3. The molecule has 0 amide bonds. The number of hydrogen-bond acceptors (Lipinski definition) is 1. The molecule has 0 saturated heterocycles. The Morgan fingerprint density at radius 1 is 1.55 bits per heavy atom. The molecule has 1 rings (SSSR count). The highest BCUT2D eigenvalue weighted by molar-refractivity contribution is 5.04. The molecular formula is C10H16O. The van der Waals surface area contributed by atoms with Crippen molar-refractivity contribution < 1.29 is 5.11 Å². The molecule has 0 aromatic rings. The fourth-order valence-electron chi connectivity index (χ4n) is 1.35.